The second-order valence-electron chi connectivity index (χ2n) is 6.38. The number of carbonyl (C=O) groups excluding carboxylic acids is 3. The molecule has 3 amide bonds. The van der Waals surface area contributed by atoms with Crippen LogP contribution in [0.2, 0.25) is 0 Å². The number of halogens is 2. The van der Waals surface area contributed by atoms with Gasteiger partial charge in [-0.05, 0) is 0 Å². The van der Waals surface area contributed by atoms with Crippen molar-refractivity contribution >= 4 is 29.8 Å². The van der Waals surface area contributed by atoms with E-state index < -0.39 is 23.8 Å². The number of nitrogens with one attached hydrogen (secondary N) is 1. The van der Waals surface area contributed by atoms with Crippen molar-refractivity contribution in [3.8, 4) is 0 Å². The largest absolute Gasteiger partial charge is 0.442 e. The summed E-state index contributed by atoms with van der Waals surface area (Å²) in [5, 5.41) is 3.60. The smallest absolute Gasteiger partial charge is 0.414 e. The Kier molecular flexibility index (Phi) is 5.93. The molecule has 0 unspecified atom stereocenters. The predicted molar refractivity (Wildman–Crippen MR) is 93.6 cm³/mol. The fourth-order valence-electron chi connectivity index (χ4n) is 3.08. The Morgan fingerprint density at radius 1 is 1.29 bits per heavy atom. The lowest BCUT2D eigenvalue weighted by Gasteiger charge is -2.24. The van der Waals surface area contributed by atoms with Crippen LogP contribution in [0.4, 0.5) is 25.0 Å². The molecule has 1 aromatic rings. The number of hydrogen-bond donors (Lipinski definition) is 1. The van der Waals surface area contributed by atoms with Crippen LogP contribution in [-0.2, 0) is 19.2 Å². The van der Waals surface area contributed by atoms with E-state index in [-0.39, 0.29) is 56.6 Å². The molecule has 1 N–H and O–H groups in total. The zero-order chi connectivity index (χ0) is 20.3. The predicted octanol–water partition coefficient (Wildman–Crippen LogP) is 0.636. The number of carbonyl (C=O) groups is 3. The van der Waals surface area contributed by atoms with Gasteiger partial charge in [0.1, 0.15) is 11.8 Å². The van der Waals surface area contributed by atoms with Gasteiger partial charge in [-0.2, -0.15) is 0 Å². The van der Waals surface area contributed by atoms with Crippen LogP contribution in [0.15, 0.2) is 12.1 Å². The van der Waals surface area contributed by atoms with Crippen LogP contribution in [0.1, 0.15) is 6.92 Å². The number of benzene rings is 1. The molecule has 0 aliphatic carbocycles. The minimum atomic E-state index is -0.840. The summed E-state index contributed by atoms with van der Waals surface area (Å²) in [5.41, 5.74) is -0.225. The molecule has 1 aromatic carbocycles. The molecule has 9 nitrogen and oxygen atoms in total. The highest BCUT2D eigenvalue weighted by Crippen LogP contribution is 2.31. The van der Waals surface area contributed by atoms with E-state index in [0.29, 0.717) is 6.41 Å². The molecule has 3 rings (SSSR count). The first-order valence-corrected chi connectivity index (χ1v) is 8.70. The Balaban J connectivity index is 1.75. The van der Waals surface area contributed by atoms with Crippen molar-refractivity contribution < 1.29 is 32.7 Å². The lowest BCUT2D eigenvalue weighted by Crippen LogP contribution is -2.33. The zero-order valence-corrected chi connectivity index (χ0v) is 15.2. The van der Waals surface area contributed by atoms with Crippen molar-refractivity contribution in [1.82, 2.24) is 10.4 Å². The third-order valence-electron chi connectivity index (χ3n) is 4.41. The van der Waals surface area contributed by atoms with Crippen molar-refractivity contribution in [1.29, 1.82) is 0 Å². The third kappa shape index (κ3) is 4.30. The minimum Gasteiger partial charge on any atom is -0.442 e. The molecular weight excluding hydrogens is 378 g/mol. The molecule has 28 heavy (non-hydrogen) atoms. The minimum absolute atomic E-state index is 0.0228. The summed E-state index contributed by atoms with van der Waals surface area (Å²) >= 11 is 0. The third-order valence-corrected chi connectivity index (χ3v) is 4.41. The number of anilines is 2. The van der Waals surface area contributed by atoms with Gasteiger partial charge in [0.15, 0.2) is 11.6 Å². The maximum Gasteiger partial charge on any atom is 0.414 e. The average molecular weight is 398 g/mol. The van der Waals surface area contributed by atoms with Gasteiger partial charge in [-0.25, -0.2) is 18.6 Å². The molecule has 0 saturated carbocycles. The van der Waals surface area contributed by atoms with Gasteiger partial charge < -0.3 is 15.0 Å². The van der Waals surface area contributed by atoms with Crippen molar-refractivity contribution in [2.45, 2.75) is 13.0 Å². The maximum absolute atomic E-state index is 14.7. The number of hydroxylamine groups is 2. The molecular formula is C17H20F2N4O5. The number of cyclic esters (lactones) is 1. The highest BCUT2D eigenvalue weighted by molar-refractivity contribution is 5.90. The van der Waals surface area contributed by atoms with Gasteiger partial charge in [0.25, 0.3) is 0 Å². The van der Waals surface area contributed by atoms with Crippen molar-refractivity contribution in [3.63, 3.8) is 0 Å². The van der Waals surface area contributed by atoms with E-state index in [1.54, 1.807) is 0 Å². The van der Waals surface area contributed by atoms with E-state index in [9.17, 15) is 23.2 Å². The molecule has 2 heterocycles. The topological polar surface area (TPSA) is 91.4 Å². The van der Waals surface area contributed by atoms with Gasteiger partial charge in [-0.1, -0.05) is 0 Å². The first-order valence-electron chi connectivity index (χ1n) is 8.70. The van der Waals surface area contributed by atoms with Crippen LogP contribution in [0.5, 0.6) is 0 Å². The SMILES string of the molecule is CC(=O)NC[C@H]1CN(c2cc(F)c(N3CCON(C=O)CC3)c(F)c2)C(=O)O1. The molecule has 2 saturated heterocycles. The van der Waals surface area contributed by atoms with E-state index >= 15 is 0 Å². The van der Waals surface area contributed by atoms with Crippen molar-refractivity contribution in [2.24, 2.45) is 0 Å². The summed E-state index contributed by atoms with van der Waals surface area (Å²) in [5.74, 6) is -1.95. The molecule has 2 aliphatic heterocycles. The van der Waals surface area contributed by atoms with E-state index in [0.717, 1.165) is 22.1 Å². The lowest BCUT2D eigenvalue weighted by atomic mass is 10.2. The number of amides is 3. The molecule has 0 bridgehead atoms. The maximum atomic E-state index is 14.7. The van der Waals surface area contributed by atoms with Crippen LogP contribution < -0.4 is 15.1 Å². The number of hydrogen-bond acceptors (Lipinski definition) is 6. The number of rotatable bonds is 5. The molecule has 11 heteroatoms. The molecule has 2 fully saturated rings. The van der Waals surface area contributed by atoms with E-state index in [4.69, 9.17) is 9.57 Å². The first-order chi connectivity index (χ1) is 13.4. The van der Waals surface area contributed by atoms with E-state index in [2.05, 4.69) is 5.32 Å². The van der Waals surface area contributed by atoms with Gasteiger partial charge in [-0.15, -0.1) is 0 Å². The van der Waals surface area contributed by atoms with Crippen LogP contribution >= 0.6 is 0 Å². The van der Waals surface area contributed by atoms with Gasteiger partial charge in [0.2, 0.25) is 12.3 Å². The molecule has 2 aliphatic rings. The molecule has 0 radical (unpaired) electrons. The second kappa shape index (κ2) is 8.38. The summed E-state index contributed by atoms with van der Waals surface area (Å²) < 4.78 is 34.5. The highest BCUT2D eigenvalue weighted by Gasteiger charge is 2.34. The van der Waals surface area contributed by atoms with Crippen LogP contribution in [-0.4, -0.2) is 68.9 Å². The van der Waals surface area contributed by atoms with Crippen LogP contribution in [0.25, 0.3) is 0 Å². The first kappa shape index (κ1) is 19.8. The summed E-state index contributed by atoms with van der Waals surface area (Å²) in [6, 6.07) is 2.12. The van der Waals surface area contributed by atoms with Crippen molar-refractivity contribution in [3.05, 3.63) is 23.8 Å². The standard InChI is InChI=1S/C17H20F2N4O5/c1-11(25)20-8-13-9-23(17(26)28-13)12-6-14(18)16(15(19)7-12)21-2-3-22(10-24)27-5-4-21/h6-7,10,13H,2-5,8-9H2,1H3,(H,20,25)/t13-/m0/s1. The summed E-state index contributed by atoms with van der Waals surface area (Å²) in [6.07, 6.45) is -0.846. The van der Waals surface area contributed by atoms with Gasteiger partial charge in [-0.3, -0.25) is 19.3 Å². The normalized spacial score (nSPS) is 20.0. The quantitative estimate of drug-likeness (QED) is 0.732. The van der Waals surface area contributed by atoms with Gasteiger partial charge in [0, 0.05) is 32.1 Å². The zero-order valence-electron chi connectivity index (χ0n) is 15.2. The monoisotopic (exact) mass is 398 g/mol. The van der Waals surface area contributed by atoms with Crippen LogP contribution in [0.3, 0.4) is 0 Å². The Hall–Kier alpha value is -2.95. The number of nitrogens with zero attached hydrogens (tertiary/aromatic N) is 3. The number of ether oxygens (including phenoxy) is 1. The Morgan fingerprint density at radius 2 is 2.00 bits per heavy atom. The molecule has 0 spiro atoms. The fourth-order valence-corrected chi connectivity index (χ4v) is 3.08. The summed E-state index contributed by atoms with van der Waals surface area (Å²) in [6.45, 7) is 2.15. The van der Waals surface area contributed by atoms with Gasteiger partial charge in [0.05, 0.1) is 31.9 Å². The van der Waals surface area contributed by atoms with Crippen molar-refractivity contribution in [2.75, 3.05) is 49.1 Å². The molecule has 1 atom stereocenters. The average Bonchev–Trinajstić information content (AvgIpc) is 2.85. The Morgan fingerprint density at radius 3 is 2.64 bits per heavy atom. The van der Waals surface area contributed by atoms with E-state index in [1.165, 1.54) is 11.8 Å². The van der Waals surface area contributed by atoms with Crippen LogP contribution in [0, 0.1) is 11.6 Å². The summed E-state index contributed by atoms with van der Waals surface area (Å²) in [7, 11) is 0. The lowest BCUT2D eigenvalue weighted by molar-refractivity contribution is -0.166. The Bertz CT molecular complexity index is 755. The highest BCUT2D eigenvalue weighted by atomic mass is 19.1. The fraction of sp³-hybridized carbons (Fsp3) is 0.471. The van der Waals surface area contributed by atoms with Gasteiger partial charge >= 0.3 is 6.09 Å². The Labute approximate surface area is 159 Å². The summed E-state index contributed by atoms with van der Waals surface area (Å²) in [4.78, 5) is 41.5. The van der Waals surface area contributed by atoms with E-state index in [1.807, 2.05) is 0 Å². The molecule has 152 valence electrons. The molecule has 0 aromatic heterocycles. The second-order valence-corrected chi connectivity index (χ2v) is 6.38.